The number of benzene rings is 3. The second-order valence-corrected chi connectivity index (χ2v) is 5.80. The van der Waals surface area contributed by atoms with Crippen LogP contribution < -0.4 is 4.74 Å². The molecule has 0 aliphatic rings. The van der Waals surface area contributed by atoms with Crippen molar-refractivity contribution < 1.29 is 9.13 Å². The van der Waals surface area contributed by atoms with E-state index >= 15 is 0 Å². The van der Waals surface area contributed by atoms with Crippen LogP contribution in [0.5, 0.6) is 11.5 Å². The number of fused-ring (bicyclic) bond motifs is 1. The van der Waals surface area contributed by atoms with Gasteiger partial charge in [0.05, 0.1) is 5.88 Å². The molecule has 3 rings (SSSR count). The summed E-state index contributed by atoms with van der Waals surface area (Å²) in [6.45, 7) is 0. The molecule has 0 fully saturated rings. The molecule has 106 valence electrons. The van der Waals surface area contributed by atoms with Gasteiger partial charge in [0.15, 0.2) is 11.6 Å². The lowest BCUT2D eigenvalue weighted by Crippen LogP contribution is -1.93. The molecule has 0 N–H and O–H groups in total. The second-order valence-electron chi connectivity index (χ2n) is 4.62. The lowest BCUT2D eigenvalue weighted by Gasteiger charge is -2.11. The lowest BCUT2D eigenvalue weighted by molar-refractivity contribution is 0.438. The Morgan fingerprint density at radius 1 is 1.00 bits per heavy atom. The second kappa shape index (κ2) is 6.04. The van der Waals surface area contributed by atoms with Crippen LogP contribution in [0.1, 0.15) is 5.56 Å². The van der Waals surface area contributed by atoms with Crippen LogP contribution in [0.25, 0.3) is 10.8 Å². The van der Waals surface area contributed by atoms with Crippen molar-refractivity contribution in [2.45, 2.75) is 5.88 Å². The fourth-order valence-electron chi connectivity index (χ4n) is 2.15. The number of alkyl halides is 1. The molecule has 0 unspecified atom stereocenters. The number of ether oxygens (including phenoxy) is 1. The predicted molar refractivity (Wildman–Crippen MR) is 87.7 cm³/mol. The molecule has 1 nitrogen and oxygen atoms in total. The zero-order chi connectivity index (χ0) is 14.8. The summed E-state index contributed by atoms with van der Waals surface area (Å²) in [6.07, 6.45) is 0. The maximum atomic E-state index is 13.9. The molecular formula is C17H11BrClFO. The Labute approximate surface area is 135 Å². The molecule has 3 aromatic carbocycles. The van der Waals surface area contributed by atoms with Crippen LogP contribution in [-0.2, 0) is 5.88 Å². The highest BCUT2D eigenvalue weighted by atomic mass is 79.9. The maximum absolute atomic E-state index is 13.9. The van der Waals surface area contributed by atoms with Crippen LogP contribution in [0.15, 0.2) is 59.1 Å². The first kappa shape index (κ1) is 14.4. The van der Waals surface area contributed by atoms with E-state index in [1.165, 1.54) is 6.07 Å². The third-order valence-electron chi connectivity index (χ3n) is 3.19. The lowest BCUT2D eigenvalue weighted by atomic mass is 10.1. The van der Waals surface area contributed by atoms with E-state index in [-0.39, 0.29) is 11.6 Å². The topological polar surface area (TPSA) is 9.23 Å². The summed E-state index contributed by atoms with van der Waals surface area (Å²) in [4.78, 5) is 0. The van der Waals surface area contributed by atoms with Crippen LogP contribution >= 0.6 is 27.5 Å². The van der Waals surface area contributed by atoms with Crippen LogP contribution in [0.3, 0.4) is 0 Å². The van der Waals surface area contributed by atoms with Crippen LogP contribution in [0.4, 0.5) is 4.39 Å². The normalized spacial score (nSPS) is 10.8. The van der Waals surface area contributed by atoms with Crippen molar-refractivity contribution in [3.05, 3.63) is 70.5 Å². The molecule has 3 aromatic rings. The van der Waals surface area contributed by atoms with Crippen molar-refractivity contribution in [1.29, 1.82) is 0 Å². The largest absolute Gasteiger partial charge is 0.454 e. The van der Waals surface area contributed by atoms with E-state index in [0.29, 0.717) is 11.3 Å². The Morgan fingerprint density at radius 2 is 1.76 bits per heavy atom. The van der Waals surface area contributed by atoms with Gasteiger partial charge in [0.1, 0.15) is 5.75 Å². The van der Waals surface area contributed by atoms with E-state index in [4.69, 9.17) is 16.3 Å². The minimum atomic E-state index is -0.413. The van der Waals surface area contributed by atoms with Gasteiger partial charge in [0.25, 0.3) is 0 Å². The first-order chi connectivity index (χ1) is 10.2. The van der Waals surface area contributed by atoms with Crippen molar-refractivity contribution >= 4 is 38.3 Å². The van der Waals surface area contributed by atoms with Gasteiger partial charge in [0.2, 0.25) is 0 Å². The van der Waals surface area contributed by atoms with Gasteiger partial charge in [-0.25, -0.2) is 4.39 Å². The SMILES string of the molecule is Fc1cccc(CCl)c1Oc1ccc2cc(Br)ccc2c1. The molecule has 0 atom stereocenters. The molecule has 0 spiro atoms. The summed E-state index contributed by atoms with van der Waals surface area (Å²) in [5.41, 5.74) is 0.632. The van der Waals surface area contributed by atoms with Crippen LogP contribution in [0.2, 0.25) is 0 Å². The number of hydrogen-bond donors (Lipinski definition) is 0. The van der Waals surface area contributed by atoms with Gasteiger partial charge >= 0.3 is 0 Å². The zero-order valence-electron chi connectivity index (χ0n) is 10.9. The predicted octanol–water partition coefficient (Wildman–Crippen LogP) is 6.27. The Morgan fingerprint density at radius 3 is 2.57 bits per heavy atom. The first-order valence-corrected chi connectivity index (χ1v) is 7.70. The summed E-state index contributed by atoms with van der Waals surface area (Å²) in [7, 11) is 0. The first-order valence-electron chi connectivity index (χ1n) is 6.38. The Kier molecular flexibility index (Phi) is 4.13. The average molecular weight is 366 g/mol. The molecule has 4 heteroatoms. The summed E-state index contributed by atoms with van der Waals surface area (Å²) >= 11 is 9.27. The van der Waals surface area contributed by atoms with Gasteiger partial charge < -0.3 is 4.74 Å². The molecule has 0 saturated carbocycles. The van der Waals surface area contributed by atoms with E-state index in [1.54, 1.807) is 12.1 Å². The van der Waals surface area contributed by atoms with Gasteiger partial charge in [-0.15, -0.1) is 11.6 Å². The summed E-state index contributed by atoms with van der Waals surface area (Å²) in [5.74, 6) is 0.558. The number of halogens is 3. The standard InChI is InChI=1S/C17H11BrClFO/c18-14-6-4-12-9-15(7-5-11(12)8-14)21-17-13(10-19)2-1-3-16(17)20/h1-9H,10H2. The molecule has 0 amide bonds. The van der Waals surface area contributed by atoms with Crippen molar-refractivity contribution in [2.24, 2.45) is 0 Å². The van der Waals surface area contributed by atoms with Crippen molar-refractivity contribution in [3.63, 3.8) is 0 Å². The van der Waals surface area contributed by atoms with Crippen LogP contribution in [-0.4, -0.2) is 0 Å². The van der Waals surface area contributed by atoms with Crippen molar-refractivity contribution in [1.82, 2.24) is 0 Å². The minimum Gasteiger partial charge on any atom is -0.454 e. The van der Waals surface area contributed by atoms with Gasteiger partial charge in [-0.05, 0) is 41.1 Å². The molecule has 0 aliphatic heterocycles. The molecule has 0 bridgehead atoms. The molecular weight excluding hydrogens is 355 g/mol. The van der Waals surface area contributed by atoms with Gasteiger partial charge in [0, 0.05) is 10.0 Å². The monoisotopic (exact) mass is 364 g/mol. The third kappa shape index (κ3) is 3.04. The molecule has 0 radical (unpaired) electrons. The quantitative estimate of drug-likeness (QED) is 0.497. The van der Waals surface area contributed by atoms with Gasteiger partial charge in [-0.3, -0.25) is 0 Å². The molecule has 0 saturated heterocycles. The Bertz CT molecular complexity index is 804. The third-order valence-corrected chi connectivity index (χ3v) is 3.97. The average Bonchev–Trinajstić information content (AvgIpc) is 2.49. The Balaban J connectivity index is 2.00. The highest BCUT2D eigenvalue weighted by molar-refractivity contribution is 9.10. The summed E-state index contributed by atoms with van der Waals surface area (Å²) in [5, 5.41) is 2.11. The van der Waals surface area contributed by atoms with E-state index in [9.17, 15) is 4.39 Å². The smallest absolute Gasteiger partial charge is 0.167 e. The molecule has 0 aliphatic carbocycles. The highest BCUT2D eigenvalue weighted by Crippen LogP contribution is 2.31. The van der Waals surface area contributed by atoms with Crippen LogP contribution in [0, 0.1) is 5.82 Å². The Hall–Kier alpha value is -1.58. The highest BCUT2D eigenvalue weighted by Gasteiger charge is 2.10. The fraction of sp³-hybridized carbons (Fsp3) is 0.0588. The number of hydrogen-bond acceptors (Lipinski definition) is 1. The number of para-hydroxylation sites is 1. The van der Waals surface area contributed by atoms with E-state index in [0.717, 1.165) is 15.2 Å². The van der Waals surface area contributed by atoms with Crippen molar-refractivity contribution in [2.75, 3.05) is 0 Å². The molecule has 21 heavy (non-hydrogen) atoms. The van der Waals surface area contributed by atoms with E-state index in [1.807, 2.05) is 36.4 Å². The number of rotatable bonds is 3. The molecule has 0 heterocycles. The zero-order valence-corrected chi connectivity index (χ0v) is 13.3. The van der Waals surface area contributed by atoms with Crippen molar-refractivity contribution in [3.8, 4) is 11.5 Å². The fourth-order valence-corrected chi connectivity index (χ4v) is 2.74. The maximum Gasteiger partial charge on any atom is 0.167 e. The summed E-state index contributed by atoms with van der Waals surface area (Å²) < 4.78 is 20.6. The van der Waals surface area contributed by atoms with E-state index < -0.39 is 5.82 Å². The van der Waals surface area contributed by atoms with Gasteiger partial charge in [-0.2, -0.15) is 0 Å². The summed E-state index contributed by atoms with van der Waals surface area (Å²) in [6, 6.07) is 16.3. The molecule has 0 aromatic heterocycles. The van der Waals surface area contributed by atoms with Gasteiger partial charge in [-0.1, -0.05) is 40.2 Å². The minimum absolute atomic E-state index is 0.184. The van der Waals surface area contributed by atoms with E-state index in [2.05, 4.69) is 15.9 Å².